The molecule has 0 heterocycles. The summed E-state index contributed by atoms with van der Waals surface area (Å²) in [5.74, 6) is 4.28. The Morgan fingerprint density at radius 2 is 1.96 bits per heavy atom. The zero-order valence-electron chi connectivity index (χ0n) is 16.2. The largest absolute Gasteiger partial charge is 0.103 e. The third kappa shape index (κ3) is 4.12. The van der Waals surface area contributed by atoms with E-state index in [0.717, 1.165) is 29.6 Å². The molecule has 0 aromatic heterocycles. The van der Waals surface area contributed by atoms with Crippen molar-refractivity contribution >= 4 is 0 Å². The molecule has 0 aliphatic heterocycles. The maximum absolute atomic E-state index is 4.56. The Morgan fingerprint density at radius 3 is 2.61 bits per heavy atom. The topological polar surface area (TPSA) is 0 Å². The molecule has 0 aromatic rings. The summed E-state index contributed by atoms with van der Waals surface area (Å²) in [6.45, 7) is 18.3. The van der Waals surface area contributed by atoms with Crippen LogP contribution in [0.1, 0.15) is 85.5 Å². The Hall–Kier alpha value is -0.520. The van der Waals surface area contributed by atoms with Crippen molar-refractivity contribution in [1.29, 1.82) is 0 Å². The summed E-state index contributed by atoms with van der Waals surface area (Å²) in [5.41, 5.74) is 2.10. The van der Waals surface area contributed by atoms with Gasteiger partial charge >= 0.3 is 0 Å². The molecule has 2 aliphatic rings. The number of allylic oxidation sites excluding steroid dienone is 2. The monoisotopic (exact) mass is 316 g/mol. The van der Waals surface area contributed by atoms with Gasteiger partial charge in [-0.15, -0.1) is 6.58 Å². The highest BCUT2D eigenvalue weighted by molar-refractivity contribution is 5.14. The van der Waals surface area contributed by atoms with E-state index in [0.29, 0.717) is 5.41 Å². The predicted octanol–water partition coefficient (Wildman–Crippen LogP) is 7.41. The lowest BCUT2D eigenvalue weighted by atomic mass is 9.56. The van der Waals surface area contributed by atoms with Crippen molar-refractivity contribution < 1.29 is 0 Å². The summed E-state index contributed by atoms with van der Waals surface area (Å²) in [4.78, 5) is 0. The molecule has 2 rings (SSSR count). The molecule has 2 saturated carbocycles. The number of hydrogen-bond acceptors (Lipinski definition) is 0. The van der Waals surface area contributed by atoms with E-state index in [2.05, 4.69) is 46.9 Å². The zero-order chi connectivity index (χ0) is 17.0. The number of rotatable bonds is 8. The molecule has 23 heavy (non-hydrogen) atoms. The van der Waals surface area contributed by atoms with Gasteiger partial charge in [-0.3, -0.25) is 0 Å². The Bertz CT molecular complexity index is 404. The fourth-order valence-electron chi connectivity index (χ4n) is 5.81. The first kappa shape index (κ1) is 18.8. The first-order valence-corrected chi connectivity index (χ1v) is 10.2. The van der Waals surface area contributed by atoms with Crippen LogP contribution in [-0.4, -0.2) is 0 Å². The predicted molar refractivity (Wildman–Crippen MR) is 103 cm³/mol. The first-order valence-electron chi connectivity index (χ1n) is 10.2. The average Bonchev–Trinajstić information content (AvgIpc) is 2.84. The van der Waals surface area contributed by atoms with E-state index in [1.165, 1.54) is 57.8 Å². The quantitative estimate of drug-likeness (QED) is 0.323. The summed E-state index contributed by atoms with van der Waals surface area (Å²) in [6, 6.07) is 0. The molecule has 2 fully saturated rings. The molecule has 0 N–H and O–H groups in total. The van der Waals surface area contributed by atoms with Crippen LogP contribution >= 0.6 is 0 Å². The lowest BCUT2D eigenvalue weighted by Crippen LogP contribution is -2.40. The lowest BCUT2D eigenvalue weighted by molar-refractivity contribution is 0.0279. The van der Waals surface area contributed by atoms with Crippen LogP contribution in [0.5, 0.6) is 0 Å². The van der Waals surface area contributed by atoms with Gasteiger partial charge in [-0.1, -0.05) is 58.8 Å². The molecule has 5 atom stereocenters. The highest BCUT2D eigenvalue weighted by atomic mass is 14.6. The minimum absolute atomic E-state index is 0.523. The van der Waals surface area contributed by atoms with Crippen molar-refractivity contribution in [2.24, 2.45) is 35.0 Å². The molecule has 2 aliphatic carbocycles. The second-order valence-corrected chi connectivity index (χ2v) is 9.24. The van der Waals surface area contributed by atoms with E-state index in [1.807, 2.05) is 0 Å². The highest BCUT2D eigenvalue weighted by Crippen LogP contribution is 2.61. The van der Waals surface area contributed by atoms with E-state index in [-0.39, 0.29) is 0 Å². The van der Waals surface area contributed by atoms with Crippen molar-refractivity contribution in [3.05, 3.63) is 24.8 Å². The Balaban J connectivity index is 1.96. The summed E-state index contributed by atoms with van der Waals surface area (Å²) in [7, 11) is 0. The molecule has 0 heteroatoms. The normalized spacial score (nSPS) is 36.9. The van der Waals surface area contributed by atoms with Crippen LogP contribution in [-0.2, 0) is 0 Å². The standard InChI is InChI=1S/C23H40/c1-7-10-20-18(4)15-16-23(6)21(13-14-22(20)23)19(5)12-9-8-11-17(2)3/h7,17-18,20-22H,1,5,8-16H2,2-4,6H3. The Labute approximate surface area is 145 Å². The fraction of sp³-hybridized carbons (Fsp3) is 0.826. The number of fused-ring (bicyclic) bond motifs is 1. The highest BCUT2D eigenvalue weighted by Gasteiger charge is 2.52. The summed E-state index contributed by atoms with van der Waals surface area (Å²) in [6.07, 6.45) is 14.4. The molecule has 0 nitrogen and oxygen atoms in total. The molecule has 0 amide bonds. The Morgan fingerprint density at radius 1 is 1.22 bits per heavy atom. The van der Waals surface area contributed by atoms with Crippen LogP contribution in [0.2, 0.25) is 0 Å². The maximum Gasteiger partial charge on any atom is -0.0149 e. The van der Waals surface area contributed by atoms with Gasteiger partial charge in [0.2, 0.25) is 0 Å². The van der Waals surface area contributed by atoms with Gasteiger partial charge in [-0.25, -0.2) is 0 Å². The molecule has 0 saturated heterocycles. The molecule has 0 spiro atoms. The van der Waals surface area contributed by atoms with Gasteiger partial charge in [0.05, 0.1) is 0 Å². The molecule has 0 bridgehead atoms. The van der Waals surface area contributed by atoms with Crippen molar-refractivity contribution in [2.75, 3.05) is 0 Å². The lowest BCUT2D eigenvalue weighted by Gasteiger charge is -2.48. The van der Waals surface area contributed by atoms with Gasteiger partial charge in [-0.05, 0) is 80.0 Å². The van der Waals surface area contributed by atoms with Crippen molar-refractivity contribution in [2.45, 2.75) is 85.5 Å². The minimum atomic E-state index is 0.523. The van der Waals surface area contributed by atoms with Crippen molar-refractivity contribution in [3.63, 3.8) is 0 Å². The van der Waals surface area contributed by atoms with Gasteiger partial charge in [0.25, 0.3) is 0 Å². The maximum atomic E-state index is 4.56. The zero-order valence-corrected chi connectivity index (χ0v) is 16.2. The van der Waals surface area contributed by atoms with Gasteiger partial charge in [0.15, 0.2) is 0 Å². The SMILES string of the molecule is C=CCC1C(C)CCC2(C)C(C(=C)CCCCC(C)C)CCC12. The van der Waals surface area contributed by atoms with Gasteiger partial charge in [0.1, 0.15) is 0 Å². The second-order valence-electron chi connectivity index (χ2n) is 9.24. The van der Waals surface area contributed by atoms with Crippen LogP contribution in [0.25, 0.3) is 0 Å². The van der Waals surface area contributed by atoms with E-state index in [4.69, 9.17) is 0 Å². The molecular weight excluding hydrogens is 276 g/mol. The fourth-order valence-corrected chi connectivity index (χ4v) is 5.81. The van der Waals surface area contributed by atoms with Crippen LogP contribution in [0.15, 0.2) is 24.8 Å². The average molecular weight is 317 g/mol. The van der Waals surface area contributed by atoms with Gasteiger partial charge in [0, 0.05) is 0 Å². The molecule has 132 valence electrons. The van der Waals surface area contributed by atoms with E-state index in [9.17, 15) is 0 Å². The Kier molecular flexibility index (Phi) is 6.57. The van der Waals surface area contributed by atoms with E-state index < -0.39 is 0 Å². The number of hydrogen-bond donors (Lipinski definition) is 0. The third-order valence-electron chi connectivity index (χ3n) is 7.26. The third-order valence-corrected chi connectivity index (χ3v) is 7.26. The van der Waals surface area contributed by atoms with Crippen LogP contribution in [0, 0.1) is 35.0 Å². The van der Waals surface area contributed by atoms with Crippen molar-refractivity contribution in [1.82, 2.24) is 0 Å². The molecule has 0 aromatic carbocycles. The van der Waals surface area contributed by atoms with Crippen LogP contribution in [0.4, 0.5) is 0 Å². The molecule has 5 unspecified atom stereocenters. The molecular formula is C23H40. The first-order chi connectivity index (χ1) is 10.9. The van der Waals surface area contributed by atoms with Gasteiger partial charge < -0.3 is 0 Å². The van der Waals surface area contributed by atoms with Crippen LogP contribution in [0.3, 0.4) is 0 Å². The second kappa shape index (κ2) is 8.04. The summed E-state index contributed by atoms with van der Waals surface area (Å²) < 4.78 is 0. The smallest absolute Gasteiger partial charge is 0.0149 e. The van der Waals surface area contributed by atoms with E-state index in [1.54, 1.807) is 5.57 Å². The summed E-state index contributed by atoms with van der Waals surface area (Å²) >= 11 is 0. The minimum Gasteiger partial charge on any atom is -0.103 e. The van der Waals surface area contributed by atoms with Gasteiger partial charge in [-0.2, -0.15) is 0 Å². The number of unbranched alkanes of at least 4 members (excludes halogenated alkanes) is 1. The van der Waals surface area contributed by atoms with E-state index >= 15 is 0 Å². The summed E-state index contributed by atoms with van der Waals surface area (Å²) in [5, 5.41) is 0. The molecule has 0 radical (unpaired) electrons. The van der Waals surface area contributed by atoms with Crippen molar-refractivity contribution in [3.8, 4) is 0 Å². The van der Waals surface area contributed by atoms with Crippen LogP contribution < -0.4 is 0 Å².